The van der Waals surface area contributed by atoms with Crippen LogP contribution in [0.4, 0.5) is 0 Å². The van der Waals surface area contributed by atoms with Gasteiger partial charge in [0.2, 0.25) is 0 Å². The van der Waals surface area contributed by atoms with Gasteiger partial charge in [0.25, 0.3) is 0 Å². The van der Waals surface area contributed by atoms with Crippen molar-refractivity contribution in [3.8, 4) is 0 Å². The van der Waals surface area contributed by atoms with E-state index in [4.69, 9.17) is 0 Å². The molecule has 102 valence electrons. The summed E-state index contributed by atoms with van der Waals surface area (Å²) in [5.41, 5.74) is 1.42. The molecule has 1 heterocycles. The molecule has 0 aromatic carbocycles. The fraction of sp³-hybridized carbons (Fsp3) is 0.750. The van der Waals surface area contributed by atoms with Crippen LogP contribution in [0.3, 0.4) is 0 Å². The first-order chi connectivity index (χ1) is 8.83. The van der Waals surface area contributed by atoms with Crippen LogP contribution in [0.25, 0.3) is 0 Å². The van der Waals surface area contributed by atoms with E-state index in [2.05, 4.69) is 42.2 Å². The molecule has 1 fully saturated rings. The van der Waals surface area contributed by atoms with Gasteiger partial charge in [-0.25, -0.2) is 0 Å². The zero-order chi connectivity index (χ0) is 12.8. The van der Waals surface area contributed by atoms with Gasteiger partial charge in [-0.15, -0.1) is 0 Å². The van der Waals surface area contributed by atoms with Gasteiger partial charge in [-0.05, 0) is 43.7 Å². The highest BCUT2D eigenvalue weighted by molar-refractivity contribution is 5.10. The summed E-state index contributed by atoms with van der Waals surface area (Å²) in [7, 11) is 0. The van der Waals surface area contributed by atoms with E-state index in [9.17, 15) is 0 Å². The number of hydrogen-bond donors (Lipinski definition) is 1. The Balaban J connectivity index is 1.82. The third-order valence-electron chi connectivity index (χ3n) is 4.40. The SMILES string of the molecule is CCC(NCc1ccn(CC)c1)C1CCCCC1. The third-order valence-corrected chi connectivity index (χ3v) is 4.40. The zero-order valence-electron chi connectivity index (χ0n) is 12.0. The third kappa shape index (κ3) is 3.61. The van der Waals surface area contributed by atoms with Crippen LogP contribution < -0.4 is 5.32 Å². The van der Waals surface area contributed by atoms with Gasteiger partial charge in [0.05, 0.1) is 0 Å². The summed E-state index contributed by atoms with van der Waals surface area (Å²) >= 11 is 0. The summed E-state index contributed by atoms with van der Waals surface area (Å²) in [5.74, 6) is 0.914. The van der Waals surface area contributed by atoms with E-state index in [0.717, 1.165) is 25.0 Å². The summed E-state index contributed by atoms with van der Waals surface area (Å²) < 4.78 is 2.25. The lowest BCUT2D eigenvalue weighted by molar-refractivity contribution is 0.261. The van der Waals surface area contributed by atoms with Crippen LogP contribution in [0, 0.1) is 5.92 Å². The molecule has 1 atom stereocenters. The molecule has 1 N–H and O–H groups in total. The molecule has 2 nitrogen and oxygen atoms in total. The summed E-state index contributed by atoms with van der Waals surface area (Å²) in [6.07, 6.45) is 12.9. The minimum absolute atomic E-state index is 0.718. The molecule has 1 aromatic heterocycles. The van der Waals surface area contributed by atoms with Crippen LogP contribution in [-0.2, 0) is 13.1 Å². The highest BCUT2D eigenvalue weighted by Crippen LogP contribution is 2.27. The van der Waals surface area contributed by atoms with Gasteiger partial charge in [0.1, 0.15) is 0 Å². The standard InChI is InChI=1S/C16H28N2/c1-3-16(15-8-6-5-7-9-15)17-12-14-10-11-18(4-2)13-14/h10-11,13,15-17H,3-9,12H2,1-2H3. The number of rotatable bonds is 6. The second-order valence-corrected chi connectivity index (χ2v) is 5.64. The molecule has 0 amide bonds. The molecule has 1 aliphatic rings. The molecule has 1 aromatic rings. The first-order valence-corrected chi connectivity index (χ1v) is 7.71. The zero-order valence-corrected chi connectivity index (χ0v) is 12.0. The van der Waals surface area contributed by atoms with Crippen LogP contribution >= 0.6 is 0 Å². The average Bonchev–Trinajstić information content (AvgIpc) is 2.89. The van der Waals surface area contributed by atoms with E-state index in [-0.39, 0.29) is 0 Å². The lowest BCUT2D eigenvalue weighted by Crippen LogP contribution is -2.36. The van der Waals surface area contributed by atoms with Crippen LogP contribution in [-0.4, -0.2) is 10.6 Å². The van der Waals surface area contributed by atoms with Crippen molar-refractivity contribution >= 4 is 0 Å². The maximum absolute atomic E-state index is 3.78. The molecule has 1 saturated carbocycles. The van der Waals surface area contributed by atoms with E-state index in [0.29, 0.717) is 0 Å². The van der Waals surface area contributed by atoms with E-state index in [1.165, 1.54) is 44.1 Å². The number of hydrogen-bond acceptors (Lipinski definition) is 1. The van der Waals surface area contributed by atoms with Crippen molar-refractivity contribution in [1.82, 2.24) is 9.88 Å². The Morgan fingerprint density at radius 2 is 2.06 bits per heavy atom. The molecule has 0 saturated heterocycles. The van der Waals surface area contributed by atoms with Crippen LogP contribution in [0.2, 0.25) is 0 Å². The van der Waals surface area contributed by atoms with E-state index >= 15 is 0 Å². The van der Waals surface area contributed by atoms with Crippen molar-refractivity contribution in [2.45, 2.75) is 71.5 Å². The predicted octanol–water partition coefficient (Wildman–Crippen LogP) is 3.96. The number of aryl methyl sites for hydroxylation is 1. The van der Waals surface area contributed by atoms with Gasteiger partial charge in [0, 0.05) is 31.5 Å². The maximum Gasteiger partial charge on any atom is 0.0223 e. The molecular formula is C16H28N2. The largest absolute Gasteiger partial charge is 0.354 e. The highest BCUT2D eigenvalue weighted by atomic mass is 15.0. The molecule has 0 bridgehead atoms. The minimum atomic E-state index is 0.718. The number of aromatic nitrogens is 1. The monoisotopic (exact) mass is 248 g/mol. The first-order valence-electron chi connectivity index (χ1n) is 7.71. The van der Waals surface area contributed by atoms with Gasteiger partial charge < -0.3 is 9.88 Å². The van der Waals surface area contributed by atoms with Crippen molar-refractivity contribution in [2.24, 2.45) is 5.92 Å². The molecule has 1 aliphatic carbocycles. The molecule has 0 spiro atoms. The normalized spacial score (nSPS) is 19.0. The Morgan fingerprint density at radius 3 is 2.67 bits per heavy atom. The van der Waals surface area contributed by atoms with Gasteiger partial charge >= 0.3 is 0 Å². The first kappa shape index (κ1) is 13.7. The molecule has 18 heavy (non-hydrogen) atoms. The maximum atomic E-state index is 3.78. The van der Waals surface area contributed by atoms with Crippen molar-refractivity contribution < 1.29 is 0 Å². The lowest BCUT2D eigenvalue weighted by Gasteiger charge is -2.30. The second kappa shape index (κ2) is 6.98. The molecule has 0 aliphatic heterocycles. The predicted molar refractivity (Wildman–Crippen MR) is 77.6 cm³/mol. The summed E-state index contributed by atoms with van der Waals surface area (Å²) in [5, 5.41) is 3.78. The quantitative estimate of drug-likeness (QED) is 0.806. The molecule has 0 radical (unpaired) electrons. The highest BCUT2D eigenvalue weighted by Gasteiger charge is 2.21. The topological polar surface area (TPSA) is 17.0 Å². The molecular weight excluding hydrogens is 220 g/mol. The summed E-state index contributed by atoms with van der Waals surface area (Å²) in [6.45, 7) is 6.61. The molecule has 2 heteroatoms. The molecule has 2 rings (SSSR count). The van der Waals surface area contributed by atoms with Crippen LogP contribution in [0.15, 0.2) is 18.5 Å². The minimum Gasteiger partial charge on any atom is -0.354 e. The van der Waals surface area contributed by atoms with Gasteiger partial charge in [0.15, 0.2) is 0 Å². The smallest absolute Gasteiger partial charge is 0.0223 e. The Kier molecular flexibility index (Phi) is 5.30. The summed E-state index contributed by atoms with van der Waals surface area (Å²) in [6, 6.07) is 2.96. The molecule has 1 unspecified atom stereocenters. The Hall–Kier alpha value is -0.760. The van der Waals surface area contributed by atoms with Crippen molar-refractivity contribution in [1.29, 1.82) is 0 Å². The van der Waals surface area contributed by atoms with E-state index in [1.54, 1.807) is 0 Å². The Morgan fingerprint density at radius 1 is 1.28 bits per heavy atom. The summed E-state index contributed by atoms with van der Waals surface area (Å²) in [4.78, 5) is 0. The second-order valence-electron chi connectivity index (χ2n) is 5.64. The Labute approximate surface area is 112 Å². The van der Waals surface area contributed by atoms with Crippen molar-refractivity contribution in [2.75, 3.05) is 0 Å². The lowest BCUT2D eigenvalue weighted by atomic mass is 9.83. The van der Waals surface area contributed by atoms with E-state index in [1.807, 2.05) is 0 Å². The number of nitrogens with one attached hydrogen (secondary N) is 1. The van der Waals surface area contributed by atoms with Gasteiger partial charge in [-0.1, -0.05) is 26.2 Å². The Bertz CT molecular complexity index is 337. The van der Waals surface area contributed by atoms with Crippen LogP contribution in [0.1, 0.15) is 57.9 Å². The van der Waals surface area contributed by atoms with Crippen molar-refractivity contribution in [3.05, 3.63) is 24.0 Å². The van der Waals surface area contributed by atoms with E-state index < -0.39 is 0 Å². The van der Waals surface area contributed by atoms with Crippen LogP contribution in [0.5, 0.6) is 0 Å². The van der Waals surface area contributed by atoms with Gasteiger partial charge in [-0.2, -0.15) is 0 Å². The van der Waals surface area contributed by atoms with Crippen molar-refractivity contribution in [3.63, 3.8) is 0 Å². The fourth-order valence-corrected chi connectivity index (χ4v) is 3.22. The fourth-order valence-electron chi connectivity index (χ4n) is 3.22. The average molecular weight is 248 g/mol. The van der Waals surface area contributed by atoms with Gasteiger partial charge in [-0.3, -0.25) is 0 Å². The number of nitrogens with zero attached hydrogens (tertiary/aromatic N) is 1.